The molecule has 0 fully saturated rings. The van der Waals surface area contributed by atoms with Crippen LogP contribution in [0.2, 0.25) is 0 Å². The van der Waals surface area contributed by atoms with E-state index in [1.807, 2.05) is 26.8 Å². The van der Waals surface area contributed by atoms with Crippen LogP contribution in [0.25, 0.3) is 0 Å². The first kappa shape index (κ1) is 15.3. The molecule has 0 aromatic heterocycles. The van der Waals surface area contributed by atoms with Gasteiger partial charge in [0.1, 0.15) is 11.3 Å². The second-order valence-electron chi connectivity index (χ2n) is 6.11. The number of carbonyl (C=O) groups is 1. The van der Waals surface area contributed by atoms with Crippen LogP contribution in [0, 0.1) is 5.41 Å². The average Bonchev–Trinajstić information content (AvgIpc) is 2.38. The number of esters is 1. The zero-order chi connectivity index (χ0) is 14.8. The molecule has 110 valence electrons. The van der Waals surface area contributed by atoms with Gasteiger partial charge in [-0.05, 0) is 38.8 Å². The summed E-state index contributed by atoms with van der Waals surface area (Å²) in [5, 5.41) is 3.72. The van der Waals surface area contributed by atoms with Gasteiger partial charge in [-0.15, -0.1) is 0 Å². The number of ether oxygens (including phenoxy) is 1. The molecule has 0 aliphatic carbocycles. The number of allylic oxidation sites excluding steroid dienone is 1. The van der Waals surface area contributed by atoms with Crippen molar-refractivity contribution in [2.75, 3.05) is 13.1 Å². The van der Waals surface area contributed by atoms with Gasteiger partial charge in [-0.2, -0.15) is 0 Å². The van der Waals surface area contributed by atoms with E-state index in [1.165, 1.54) is 0 Å². The van der Waals surface area contributed by atoms with E-state index in [0.717, 1.165) is 18.5 Å². The molecule has 0 bridgehead atoms. The van der Waals surface area contributed by atoms with Gasteiger partial charge in [0.05, 0.1) is 11.5 Å². The number of nitrogens with one attached hydrogen (secondary N) is 1. The molecule has 0 spiro atoms. The lowest BCUT2D eigenvalue weighted by Crippen LogP contribution is -2.42. The van der Waals surface area contributed by atoms with Crippen molar-refractivity contribution in [3.8, 4) is 0 Å². The standard InChI is InChI=1S/C15H21ClN2O2/c1-15(2,3)14(19)20-12-9-17-8-7-10(12)11-5-4-6-13(16)18-11/h4,6-7,11-12,17H,5,8-9H2,1-3H3/t11-,12?/m1/s1. The van der Waals surface area contributed by atoms with E-state index in [0.29, 0.717) is 11.7 Å². The normalized spacial score (nSPS) is 26.8. The first-order valence-corrected chi connectivity index (χ1v) is 7.27. The number of rotatable bonds is 2. The Balaban J connectivity index is 2.12. The number of aliphatic imine (C=N–C) groups is 1. The first-order valence-electron chi connectivity index (χ1n) is 6.89. The Morgan fingerprint density at radius 3 is 2.90 bits per heavy atom. The fourth-order valence-electron chi connectivity index (χ4n) is 2.17. The molecular formula is C15H21ClN2O2. The Morgan fingerprint density at radius 1 is 1.50 bits per heavy atom. The largest absolute Gasteiger partial charge is 0.456 e. The number of halogens is 1. The predicted octanol–water partition coefficient (Wildman–Crippen LogP) is 2.44. The van der Waals surface area contributed by atoms with Crippen LogP contribution < -0.4 is 5.32 Å². The summed E-state index contributed by atoms with van der Waals surface area (Å²) in [5.41, 5.74) is 0.541. The molecule has 2 rings (SSSR count). The van der Waals surface area contributed by atoms with Crippen LogP contribution in [0.5, 0.6) is 0 Å². The lowest BCUT2D eigenvalue weighted by Gasteiger charge is -2.31. The highest BCUT2D eigenvalue weighted by molar-refractivity contribution is 6.68. The second-order valence-corrected chi connectivity index (χ2v) is 6.50. The van der Waals surface area contributed by atoms with Crippen LogP contribution in [-0.4, -0.2) is 36.4 Å². The van der Waals surface area contributed by atoms with Crippen molar-refractivity contribution in [2.24, 2.45) is 10.4 Å². The molecule has 2 atom stereocenters. The van der Waals surface area contributed by atoms with Crippen LogP contribution in [0.3, 0.4) is 0 Å². The Labute approximate surface area is 124 Å². The van der Waals surface area contributed by atoms with Crippen LogP contribution in [0.4, 0.5) is 0 Å². The van der Waals surface area contributed by atoms with Crippen LogP contribution >= 0.6 is 11.6 Å². The maximum absolute atomic E-state index is 12.1. The molecule has 5 heteroatoms. The lowest BCUT2D eigenvalue weighted by molar-refractivity contribution is -0.156. The van der Waals surface area contributed by atoms with E-state index in [4.69, 9.17) is 16.3 Å². The van der Waals surface area contributed by atoms with Crippen molar-refractivity contribution in [3.05, 3.63) is 23.8 Å². The van der Waals surface area contributed by atoms with E-state index >= 15 is 0 Å². The number of carbonyl (C=O) groups excluding carboxylic acids is 1. The Bertz CT molecular complexity index is 475. The van der Waals surface area contributed by atoms with E-state index in [-0.39, 0.29) is 18.1 Å². The quantitative estimate of drug-likeness (QED) is 0.629. The van der Waals surface area contributed by atoms with Crippen molar-refractivity contribution in [1.29, 1.82) is 0 Å². The topological polar surface area (TPSA) is 50.7 Å². The SMILES string of the molecule is CC(C)(C)C(=O)OC1CNCC=C1[C@H]1CC=CC(Cl)=N1. The number of dihydropyridines is 1. The van der Waals surface area contributed by atoms with E-state index in [9.17, 15) is 4.79 Å². The maximum atomic E-state index is 12.1. The molecule has 0 amide bonds. The third-order valence-electron chi connectivity index (χ3n) is 3.32. The molecule has 2 aliphatic heterocycles. The summed E-state index contributed by atoms with van der Waals surface area (Å²) in [5.74, 6) is -0.196. The molecule has 1 unspecified atom stereocenters. The molecule has 20 heavy (non-hydrogen) atoms. The Hall–Kier alpha value is -1.13. The van der Waals surface area contributed by atoms with Gasteiger partial charge in [-0.3, -0.25) is 9.79 Å². The lowest BCUT2D eigenvalue weighted by atomic mass is 9.93. The summed E-state index contributed by atoms with van der Waals surface area (Å²) >= 11 is 5.97. The highest BCUT2D eigenvalue weighted by atomic mass is 35.5. The zero-order valence-corrected chi connectivity index (χ0v) is 12.9. The smallest absolute Gasteiger partial charge is 0.311 e. The summed E-state index contributed by atoms with van der Waals surface area (Å²) in [6.07, 6.45) is 6.40. The van der Waals surface area contributed by atoms with E-state index in [2.05, 4.69) is 16.4 Å². The molecule has 0 aromatic rings. The fraction of sp³-hybridized carbons (Fsp3) is 0.600. The van der Waals surface area contributed by atoms with Crippen LogP contribution in [0.1, 0.15) is 27.2 Å². The molecule has 2 aliphatic rings. The number of hydrogen-bond donors (Lipinski definition) is 1. The summed E-state index contributed by atoms with van der Waals surface area (Å²) in [6.45, 7) is 6.96. The van der Waals surface area contributed by atoms with E-state index in [1.54, 1.807) is 6.08 Å². The van der Waals surface area contributed by atoms with Gasteiger partial charge in [0.15, 0.2) is 0 Å². The summed E-state index contributed by atoms with van der Waals surface area (Å²) in [7, 11) is 0. The van der Waals surface area contributed by atoms with Gasteiger partial charge in [-0.1, -0.05) is 23.8 Å². The molecule has 2 heterocycles. The minimum Gasteiger partial charge on any atom is -0.456 e. The van der Waals surface area contributed by atoms with Gasteiger partial charge in [0.25, 0.3) is 0 Å². The number of hydrogen-bond acceptors (Lipinski definition) is 4. The first-order chi connectivity index (χ1) is 9.38. The monoisotopic (exact) mass is 296 g/mol. The average molecular weight is 297 g/mol. The van der Waals surface area contributed by atoms with Crippen LogP contribution in [0.15, 0.2) is 28.8 Å². The summed E-state index contributed by atoms with van der Waals surface area (Å²) in [4.78, 5) is 16.5. The number of nitrogens with zero attached hydrogens (tertiary/aromatic N) is 1. The Morgan fingerprint density at radius 2 is 2.25 bits per heavy atom. The summed E-state index contributed by atoms with van der Waals surface area (Å²) < 4.78 is 5.65. The van der Waals surface area contributed by atoms with Crippen molar-refractivity contribution in [1.82, 2.24) is 5.32 Å². The maximum Gasteiger partial charge on any atom is 0.311 e. The fourth-order valence-corrected chi connectivity index (χ4v) is 2.38. The molecular weight excluding hydrogens is 276 g/mol. The predicted molar refractivity (Wildman–Crippen MR) is 81.1 cm³/mol. The van der Waals surface area contributed by atoms with Crippen molar-refractivity contribution < 1.29 is 9.53 Å². The van der Waals surface area contributed by atoms with Crippen molar-refractivity contribution in [3.63, 3.8) is 0 Å². The van der Waals surface area contributed by atoms with Gasteiger partial charge >= 0.3 is 5.97 Å². The summed E-state index contributed by atoms with van der Waals surface area (Å²) in [6, 6.07) is -0.0210. The molecule has 0 saturated carbocycles. The highest BCUT2D eigenvalue weighted by Gasteiger charge is 2.32. The molecule has 0 radical (unpaired) electrons. The van der Waals surface area contributed by atoms with Crippen molar-refractivity contribution in [2.45, 2.75) is 39.3 Å². The highest BCUT2D eigenvalue weighted by Crippen LogP contribution is 2.25. The zero-order valence-electron chi connectivity index (χ0n) is 12.1. The van der Waals surface area contributed by atoms with Gasteiger partial charge in [0.2, 0.25) is 0 Å². The minimum absolute atomic E-state index is 0.0210. The third-order valence-corrected chi connectivity index (χ3v) is 3.55. The molecule has 4 nitrogen and oxygen atoms in total. The van der Waals surface area contributed by atoms with Gasteiger partial charge < -0.3 is 10.1 Å². The van der Waals surface area contributed by atoms with Crippen LogP contribution in [-0.2, 0) is 9.53 Å². The van der Waals surface area contributed by atoms with E-state index < -0.39 is 5.41 Å². The molecule has 1 N–H and O–H groups in total. The minimum atomic E-state index is -0.504. The van der Waals surface area contributed by atoms with Crippen molar-refractivity contribution >= 4 is 22.7 Å². The van der Waals surface area contributed by atoms with Gasteiger partial charge in [-0.25, -0.2) is 0 Å². The second kappa shape index (κ2) is 6.10. The Kier molecular flexibility index (Phi) is 4.66. The molecule has 0 aromatic carbocycles. The van der Waals surface area contributed by atoms with Gasteiger partial charge in [0, 0.05) is 13.1 Å². The molecule has 0 saturated heterocycles. The third kappa shape index (κ3) is 3.70.